The molecular formula is C11H21NO. The Balaban J connectivity index is 3.06. The molecule has 0 amide bonds. The van der Waals surface area contributed by atoms with Gasteiger partial charge in [0.15, 0.2) is 0 Å². The highest BCUT2D eigenvalue weighted by Crippen LogP contribution is 2.46. The van der Waals surface area contributed by atoms with Gasteiger partial charge in [0, 0.05) is 10.8 Å². The summed E-state index contributed by atoms with van der Waals surface area (Å²) in [7, 11) is 0. The summed E-state index contributed by atoms with van der Waals surface area (Å²) in [5.74, 6) is 0.603. The van der Waals surface area contributed by atoms with Crippen LogP contribution in [0, 0.1) is 16.7 Å². The molecule has 0 spiro atoms. The molecule has 1 aliphatic rings. The van der Waals surface area contributed by atoms with Crippen molar-refractivity contribution in [2.24, 2.45) is 21.9 Å². The van der Waals surface area contributed by atoms with Gasteiger partial charge in [-0.15, -0.1) is 0 Å². The molecule has 1 saturated carbocycles. The highest BCUT2D eigenvalue weighted by molar-refractivity contribution is 5.94. The van der Waals surface area contributed by atoms with Gasteiger partial charge in [-0.05, 0) is 18.8 Å². The van der Waals surface area contributed by atoms with Crippen molar-refractivity contribution in [1.82, 2.24) is 0 Å². The molecule has 1 N–H and O–H groups in total. The molecule has 0 radical (unpaired) electrons. The van der Waals surface area contributed by atoms with Gasteiger partial charge in [-0.2, -0.15) is 0 Å². The third-order valence-corrected chi connectivity index (χ3v) is 3.79. The molecule has 1 atom stereocenters. The van der Waals surface area contributed by atoms with Gasteiger partial charge in [0.05, 0.1) is 5.71 Å². The Morgan fingerprint density at radius 1 is 1.31 bits per heavy atom. The minimum atomic E-state index is 0.0382. The average Bonchev–Trinajstić information content (AvgIpc) is 1.98. The first kappa shape index (κ1) is 10.6. The van der Waals surface area contributed by atoms with E-state index >= 15 is 0 Å². The van der Waals surface area contributed by atoms with E-state index in [0.29, 0.717) is 5.92 Å². The summed E-state index contributed by atoms with van der Waals surface area (Å²) in [4.78, 5) is 0. The quantitative estimate of drug-likeness (QED) is 0.453. The first-order chi connectivity index (χ1) is 5.82. The fourth-order valence-corrected chi connectivity index (χ4v) is 2.43. The summed E-state index contributed by atoms with van der Waals surface area (Å²) in [5, 5.41) is 12.6. The van der Waals surface area contributed by atoms with Crippen LogP contribution in [0.25, 0.3) is 0 Å². The van der Waals surface area contributed by atoms with Crippen LogP contribution in [-0.2, 0) is 0 Å². The summed E-state index contributed by atoms with van der Waals surface area (Å²) in [6.45, 7) is 10.9. The van der Waals surface area contributed by atoms with Crippen LogP contribution in [0.1, 0.15) is 47.5 Å². The molecule has 0 aromatic heterocycles. The summed E-state index contributed by atoms with van der Waals surface area (Å²) in [6, 6.07) is 0. The summed E-state index contributed by atoms with van der Waals surface area (Å²) in [5.41, 5.74) is 1.06. The zero-order valence-electron chi connectivity index (χ0n) is 9.39. The van der Waals surface area contributed by atoms with Crippen molar-refractivity contribution in [3.8, 4) is 0 Å². The van der Waals surface area contributed by atoms with Crippen molar-refractivity contribution in [2.45, 2.75) is 47.5 Å². The summed E-state index contributed by atoms with van der Waals surface area (Å²) >= 11 is 0. The number of nitrogens with zero attached hydrogens (tertiary/aromatic N) is 1. The van der Waals surface area contributed by atoms with Crippen molar-refractivity contribution in [3.63, 3.8) is 0 Å². The zero-order chi connectivity index (χ0) is 10.3. The lowest BCUT2D eigenvalue weighted by Crippen LogP contribution is -2.45. The van der Waals surface area contributed by atoms with Crippen LogP contribution >= 0.6 is 0 Å². The van der Waals surface area contributed by atoms with Gasteiger partial charge in [0.2, 0.25) is 0 Å². The van der Waals surface area contributed by atoms with Crippen LogP contribution in [0.3, 0.4) is 0 Å². The maximum atomic E-state index is 9.07. The molecule has 0 bridgehead atoms. The Kier molecular flexibility index (Phi) is 2.44. The zero-order valence-corrected chi connectivity index (χ0v) is 9.39. The van der Waals surface area contributed by atoms with E-state index in [1.165, 1.54) is 6.42 Å². The van der Waals surface area contributed by atoms with Crippen molar-refractivity contribution in [1.29, 1.82) is 0 Å². The Bertz CT molecular complexity index is 228. The van der Waals surface area contributed by atoms with E-state index < -0.39 is 0 Å². The Labute approximate surface area is 81.0 Å². The predicted molar refractivity (Wildman–Crippen MR) is 55.2 cm³/mol. The van der Waals surface area contributed by atoms with Crippen LogP contribution in [0.2, 0.25) is 0 Å². The van der Waals surface area contributed by atoms with Gasteiger partial charge >= 0.3 is 0 Å². The third-order valence-electron chi connectivity index (χ3n) is 3.79. The smallest absolute Gasteiger partial charge is 0.0685 e. The molecule has 2 nitrogen and oxygen atoms in total. The van der Waals surface area contributed by atoms with Gasteiger partial charge < -0.3 is 5.21 Å². The standard InChI is InChI=1S/C11H21NO/c1-8-6-7-10(2,3)9(12-13)11(8,4)5/h8,13H,6-7H2,1-5H3/b12-9+. The number of hydrogen-bond donors (Lipinski definition) is 1. The molecule has 0 aliphatic heterocycles. The lowest BCUT2D eigenvalue weighted by Gasteiger charge is -2.45. The second kappa shape index (κ2) is 3.00. The second-order valence-corrected chi connectivity index (χ2v) is 5.49. The lowest BCUT2D eigenvalue weighted by atomic mass is 9.59. The molecule has 76 valence electrons. The summed E-state index contributed by atoms with van der Waals surface area (Å²) in [6.07, 6.45) is 2.34. The number of rotatable bonds is 0. The van der Waals surface area contributed by atoms with E-state index in [1.807, 2.05) is 0 Å². The van der Waals surface area contributed by atoms with Crippen LogP contribution < -0.4 is 0 Å². The van der Waals surface area contributed by atoms with E-state index in [0.717, 1.165) is 12.1 Å². The maximum absolute atomic E-state index is 9.07. The fourth-order valence-electron chi connectivity index (χ4n) is 2.43. The normalized spacial score (nSPS) is 34.8. The van der Waals surface area contributed by atoms with Gasteiger partial charge in [-0.1, -0.05) is 39.8 Å². The van der Waals surface area contributed by atoms with Crippen molar-refractivity contribution in [3.05, 3.63) is 0 Å². The lowest BCUT2D eigenvalue weighted by molar-refractivity contribution is 0.196. The number of oxime groups is 1. The predicted octanol–water partition coefficient (Wildman–Crippen LogP) is 3.30. The van der Waals surface area contributed by atoms with Crippen LogP contribution in [0.15, 0.2) is 5.16 Å². The van der Waals surface area contributed by atoms with Crippen LogP contribution in [0.4, 0.5) is 0 Å². The third kappa shape index (κ3) is 1.59. The van der Waals surface area contributed by atoms with Gasteiger partial charge in [0.1, 0.15) is 0 Å². The number of hydrogen-bond acceptors (Lipinski definition) is 2. The molecule has 13 heavy (non-hydrogen) atoms. The van der Waals surface area contributed by atoms with E-state index in [4.69, 9.17) is 5.21 Å². The van der Waals surface area contributed by atoms with E-state index in [2.05, 4.69) is 39.8 Å². The first-order valence-corrected chi connectivity index (χ1v) is 5.05. The molecule has 0 aromatic carbocycles. The molecule has 1 rings (SSSR count). The molecular weight excluding hydrogens is 162 g/mol. The average molecular weight is 183 g/mol. The molecule has 1 fully saturated rings. The van der Waals surface area contributed by atoms with E-state index in [-0.39, 0.29) is 10.8 Å². The Morgan fingerprint density at radius 3 is 2.23 bits per heavy atom. The maximum Gasteiger partial charge on any atom is 0.0685 e. The van der Waals surface area contributed by atoms with Gasteiger partial charge in [-0.25, -0.2) is 0 Å². The fraction of sp³-hybridized carbons (Fsp3) is 0.909. The van der Waals surface area contributed by atoms with Gasteiger partial charge in [-0.3, -0.25) is 0 Å². The Hall–Kier alpha value is -0.530. The van der Waals surface area contributed by atoms with Crippen LogP contribution in [-0.4, -0.2) is 10.9 Å². The monoisotopic (exact) mass is 183 g/mol. The topological polar surface area (TPSA) is 32.6 Å². The minimum absolute atomic E-state index is 0.0382. The molecule has 0 aromatic rings. The largest absolute Gasteiger partial charge is 0.411 e. The van der Waals surface area contributed by atoms with Crippen molar-refractivity contribution in [2.75, 3.05) is 0 Å². The van der Waals surface area contributed by atoms with E-state index in [1.54, 1.807) is 0 Å². The minimum Gasteiger partial charge on any atom is -0.411 e. The van der Waals surface area contributed by atoms with Crippen molar-refractivity contribution >= 4 is 5.71 Å². The van der Waals surface area contributed by atoms with Gasteiger partial charge in [0.25, 0.3) is 0 Å². The highest BCUT2D eigenvalue weighted by atomic mass is 16.4. The first-order valence-electron chi connectivity index (χ1n) is 5.05. The molecule has 0 heterocycles. The van der Waals surface area contributed by atoms with Crippen molar-refractivity contribution < 1.29 is 5.21 Å². The molecule has 2 heteroatoms. The molecule has 1 aliphatic carbocycles. The summed E-state index contributed by atoms with van der Waals surface area (Å²) < 4.78 is 0. The SMILES string of the molecule is CC1CCC(C)(C)/C(=N\O)C1(C)C. The molecule has 1 unspecified atom stereocenters. The van der Waals surface area contributed by atoms with Crippen LogP contribution in [0.5, 0.6) is 0 Å². The highest BCUT2D eigenvalue weighted by Gasteiger charge is 2.44. The Morgan fingerprint density at radius 2 is 1.85 bits per heavy atom. The molecule has 0 saturated heterocycles. The van der Waals surface area contributed by atoms with E-state index in [9.17, 15) is 0 Å². The second-order valence-electron chi connectivity index (χ2n) is 5.49.